The fourth-order valence-corrected chi connectivity index (χ4v) is 3.41. The summed E-state index contributed by atoms with van der Waals surface area (Å²) >= 11 is 0. The van der Waals surface area contributed by atoms with Crippen molar-refractivity contribution in [2.24, 2.45) is 0 Å². The van der Waals surface area contributed by atoms with Crippen LogP contribution in [0.2, 0.25) is 0 Å². The summed E-state index contributed by atoms with van der Waals surface area (Å²) in [6.07, 6.45) is 7.28. The molecule has 1 saturated carbocycles. The molecule has 0 atom stereocenters. The second-order valence-corrected chi connectivity index (χ2v) is 7.07. The molecule has 3 heterocycles. The fraction of sp³-hybridized carbons (Fsp3) is 0.250. The van der Waals surface area contributed by atoms with Crippen molar-refractivity contribution in [1.82, 2.24) is 15.0 Å². The molecule has 3 aromatic rings. The summed E-state index contributed by atoms with van der Waals surface area (Å²) in [4.78, 5) is 12.9. The van der Waals surface area contributed by atoms with E-state index in [1.807, 2.05) is 31.2 Å². The van der Waals surface area contributed by atoms with Gasteiger partial charge in [0.05, 0.1) is 30.4 Å². The number of hydrogen-bond acceptors (Lipinski definition) is 7. The van der Waals surface area contributed by atoms with Gasteiger partial charge in [-0.3, -0.25) is 0 Å². The molecule has 1 aromatic carbocycles. The Balaban J connectivity index is 1.37. The van der Waals surface area contributed by atoms with Crippen molar-refractivity contribution < 1.29 is 9.47 Å². The smallest absolute Gasteiger partial charge is 0.322 e. The third-order valence-electron chi connectivity index (χ3n) is 5.18. The molecule has 7 nitrogen and oxygen atoms in total. The summed E-state index contributed by atoms with van der Waals surface area (Å²) in [5.74, 6) is 2.26. The number of aryl methyl sites for hydroxylation is 1. The van der Waals surface area contributed by atoms with Crippen LogP contribution in [0.4, 0.5) is 17.2 Å². The van der Waals surface area contributed by atoms with Crippen molar-refractivity contribution in [3.05, 3.63) is 54.0 Å². The zero-order valence-corrected chi connectivity index (χ0v) is 14.9. The van der Waals surface area contributed by atoms with E-state index in [0.29, 0.717) is 23.2 Å². The van der Waals surface area contributed by atoms with Gasteiger partial charge in [-0.2, -0.15) is 0 Å². The monoisotopic (exact) mass is 361 g/mol. The minimum atomic E-state index is 0.127. The average Bonchev–Trinajstić information content (AvgIpc) is 3.36. The number of hydrogen-bond donors (Lipinski definition) is 2. The lowest BCUT2D eigenvalue weighted by Crippen LogP contribution is -2.08. The molecule has 1 spiro atoms. The Morgan fingerprint density at radius 1 is 1.15 bits per heavy atom. The van der Waals surface area contributed by atoms with E-state index in [1.165, 1.54) is 0 Å². The second kappa shape index (κ2) is 5.84. The van der Waals surface area contributed by atoms with Gasteiger partial charge in [-0.1, -0.05) is 6.07 Å². The van der Waals surface area contributed by atoms with Crippen LogP contribution < -0.4 is 20.5 Å². The van der Waals surface area contributed by atoms with Crippen LogP contribution in [0.5, 0.6) is 17.5 Å². The Morgan fingerprint density at radius 2 is 1.96 bits per heavy atom. The third-order valence-corrected chi connectivity index (χ3v) is 5.18. The highest BCUT2D eigenvalue weighted by atomic mass is 16.5. The standard InChI is InChI=1S/C20H19N5O2/c1-12-5-8-22-18(17(12)21)25-13-9-23-19(24-10-13)27-15-4-2-3-14-16(15)20(6-7-20)11-26-14/h2-5,8-10H,6-7,11,21H2,1H3,(H,22,25). The summed E-state index contributed by atoms with van der Waals surface area (Å²) in [7, 11) is 0. The number of aromatic nitrogens is 3. The summed E-state index contributed by atoms with van der Waals surface area (Å²) < 4.78 is 11.8. The highest BCUT2D eigenvalue weighted by molar-refractivity contribution is 5.70. The lowest BCUT2D eigenvalue weighted by molar-refractivity contribution is 0.323. The van der Waals surface area contributed by atoms with Crippen LogP contribution in [0.15, 0.2) is 42.9 Å². The Hall–Kier alpha value is -3.35. The number of pyridine rings is 1. The van der Waals surface area contributed by atoms with Crippen LogP contribution in [0.25, 0.3) is 0 Å². The number of fused-ring (bicyclic) bond motifs is 2. The lowest BCUT2D eigenvalue weighted by Gasteiger charge is -2.12. The molecule has 1 aliphatic heterocycles. The van der Waals surface area contributed by atoms with Crippen molar-refractivity contribution in [3.8, 4) is 17.5 Å². The molecule has 0 bridgehead atoms. The molecule has 0 amide bonds. The molecular weight excluding hydrogens is 342 g/mol. The van der Waals surface area contributed by atoms with Gasteiger partial charge in [0, 0.05) is 17.2 Å². The van der Waals surface area contributed by atoms with Gasteiger partial charge in [-0.25, -0.2) is 15.0 Å². The predicted octanol–water partition coefficient (Wildman–Crippen LogP) is 3.72. The van der Waals surface area contributed by atoms with Crippen molar-refractivity contribution in [2.75, 3.05) is 17.7 Å². The first-order valence-corrected chi connectivity index (χ1v) is 8.89. The molecule has 0 saturated heterocycles. The Morgan fingerprint density at radius 3 is 2.74 bits per heavy atom. The van der Waals surface area contributed by atoms with Crippen LogP contribution in [0.1, 0.15) is 24.0 Å². The number of rotatable bonds is 4. The molecule has 1 fully saturated rings. The van der Waals surface area contributed by atoms with Gasteiger partial charge in [0.2, 0.25) is 0 Å². The van der Waals surface area contributed by atoms with Gasteiger partial charge >= 0.3 is 6.01 Å². The van der Waals surface area contributed by atoms with Gasteiger partial charge in [0.25, 0.3) is 0 Å². The van der Waals surface area contributed by atoms with E-state index < -0.39 is 0 Å². The Bertz CT molecular complexity index is 1020. The normalized spacial score (nSPS) is 15.9. The number of ether oxygens (including phenoxy) is 2. The van der Waals surface area contributed by atoms with Crippen LogP contribution >= 0.6 is 0 Å². The van der Waals surface area contributed by atoms with Crippen molar-refractivity contribution in [1.29, 1.82) is 0 Å². The van der Waals surface area contributed by atoms with Crippen LogP contribution in [-0.2, 0) is 5.41 Å². The Labute approximate surface area is 156 Å². The maximum Gasteiger partial charge on any atom is 0.322 e. The van der Waals surface area contributed by atoms with E-state index in [4.69, 9.17) is 15.2 Å². The maximum absolute atomic E-state index is 6.04. The lowest BCUT2D eigenvalue weighted by atomic mass is 9.97. The fourth-order valence-electron chi connectivity index (χ4n) is 3.41. The second-order valence-electron chi connectivity index (χ2n) is 7.07. The molecule has 0 unspecified atom stereocenters. The number of benzene rings is 1. The number of nitrogens with zero attached hydrogens (tertiary/aromatic N) is 3. The van der Waals surface area contributed by atoms with Crippen LogP contribution in [0.3, 0.4) is 0 Å². The topological polar surface area (TPSA) is 95.2 Å². The number of nitrogens with one attached hydrogen (secondary N) is 1. The minimum Gasteiger partial charge on any atom is -0.492 e. The average molecular weight is 361 g/mol. The highest BCUT2D eigenvalue weighted by Crippen LogP contribution is 2.58. The molecule has 5 rings (SSSR count). The van der Waals surface area contributed by atoms with Gasteiger partial charge in [-0.15, -0.1) is 0 Å². The van der Waals surface area contributed by atoms with Crippen molar-refractivity contribution in [2.45, 2.75) is 25.2 Å². The quantitative estimate of drug-likeness (QED) is 0.731. The highest BCUT2D eigenvalue weighted by Gasteiger charge is 2.52. The maximum atomic E-state index is 6.04. The van der Waals surface area contributed by atoms with Gasteiger partial charge in [0.15, 0.2) is 5.82 Å². The molecule has 2 aromatic heterocycles. The van der Waals surface area contributed by atoms with E-state index in [2.05, 4.69) is 20.3 Å². The van der Waals surface area contributed by atoms with E-state index in [0.717, 1.165) is 42.1 Å². The zero-order valence-electron chi connectivity index (χ0n) is 14.9. The summed E-state index contributed by atoms with van der Waals surface area (Å²) in [5, 5.41) is 3.13. The summed E-state index contributed by atoms with van der Waals surface area (Å²) in [6.45, 7) is 2.67. The van der Waals surface area contributed by atoms with E-state index in [-0.39, 0.29) is 5.41 Å². The third kappa shape index (κ3) is 2.71. The van der Waals surface area contributed by atoms with Crippen LogP contribution in [-0.4, -0.2) is 21.6 Å². The van der Waals surface area contributed by atoms with Crippen LogP contribution in [0, 0.1) is 6.92 Å². The molecule has 27 heavy (non-hydrogen) atoms. The largest absolute Gasteiger partial charge is 0.492 e. The van der Waals surface area contributed by atoms with Gasteiger partial charge in [0.1, 0.15) is 11.5 Å². The molecule has 3 N–H and O–H groups in total. The van der Waals surface area contributed by atoms with Gasteiger partial charge in [-0.05, 0) is 43.5 Å². The molecule has 2 aliphatic rings. The van der Waals surface area contributed by atoms with Gasteiger partial charge < -0.3 is 20.5 Å². The molecule has 1 aliphatic carbocycles. The van der Waals surface area contributed by atoms with Crippen molar-refractivity contribution >= 4 is 17.2 Å². The van der Waals surface area contributed by atoms with Crippen molar-refractivity contribution in [3.63, 3.8) is 0 Å². The van der Waals surface area contributed by atoms with E-state index in [1.54, 1.807) is 18.6 Å². The first kappa shape index (κ1) is 15.9. The minimum absolute atomic E-state index is 0.127. The number of anilines is 3. The molecule has 7 heteroatoms. The SMILES string of the molecule is Cc1ccnc(Nc2cnc(Oc3cccc4c3C3(CC3)CO4)nc2)c1N. The molecular formula is C20H19N5O2. The molecule has 0 radical (unpaired) electrons. The first-order chi connectivity index (χ1) is 13.1. The summed E-state index contributed by atoms with van der Waals surface area (Å²) in [6, 6.07) is 8.02. The summed E-state index contributed by atoms with van der Waals surface area (Å²) in [5.41, 5.74) is 9.57. The number of nitrogen functional groups attached to an aromatic ring is 1. The predicted molar refractivity (Wildman–Crippen MR) is 102 cm³/mol. The Kier molecular flexibility index (Phi) is 3.43. The van der Waals surface area contributed by atoms with E-state index in [9.17, 15) is 0 Å². The van der Waals surface area contributed by atoms with E-state index >= 15 is 0 Å². The first-order valence-electron chi connectivity index (χ1n) is 8.89. The zero-order chi connectivity index (χ0) is 18.4. The molecule has 136 valence electrons. The number of nitrogens with two attached hydrogens (primary N) is 1.